The first-order valence-electron chi connectivity index (χ1n) is 11.1. The number of phenolic OH excluding ortho intramolecular Hbond substituents is 1. The fourth-order valence-electron chi connectivity index (χ4n) is 5.26. The molecule has 1 aromatic carbocycles. The van der Waals surface area contributed by atoms with E-state index in [0.717, 1.165) is 55.5 Å². The van der Waals surface area contributed by atoms with Crippen LogP contribution in [0.5, 0.6) is 5.75 Å². The molecule has 2 aliphatic heterocycles. The predicted octanol–water partition coefficient (Wildman–Crippen LogP) is 4.56. The number of alkyl halides is 3. The average molecular weight is 432 g/mol. The van der Waals surface area contributed by atoms with Gasteiger partial charge in [0.2, 0.25) is 0 Å². The molecule has 0 radical (unpaired) electrons. The molecule has 0 bridgehead atoms. The summed E-state index contributed by atoms with van der Waals surface area (Å²) in [5.74, 6) is 0.466. The largest absolute Gasteiger partial charge is 0.507 e. The summed E-state index contributed by atoms with van der Waals surface area (Å²) >= 11 is 0. The molecule has 3 aliphatic rings. The van der Waals surface area contributed by atoms with Gasteiger partial charge in [0.05, 0.1) is 11.3 Å². The second-order valence-electron chi connectivity index (χ2n) is 9.08. The molecule has 3 heterocycles. The number of fused-ring (bicyclic) bond motifs is 1. The van der Waals surface area contributed by atoms with Crippen LogP contribution in [-0.4, -0.2) is 51.9 Å². The molecule has 31 heavy (non-hydrogen) atoms. The number of anilines is 1. The van der Waals surface area contributed by atoms with E-state index >= 15 is 0 Å². The van der Waals surface area contributed by atoms with Crippen LogP contribution in [0.25, 0.3) is 11.3 Å². The Bertz CT molecular complexity index is 966. The number of likely N-dealkylation sites (tertiary alicyclic amines) is 1. The number of phenols is 1. The van der Waals surface area contributed by atoms with Crippen LogP contribution in [0.2, 0.25) is 0 Å². The Balaban J connectivity index is 1.40. The van der Waals surface area contributed by atoms with E-state index in [2.05, 4.69) is 20.0 Å². The Hall–Kier alpha value is -2.35. The Labute approximate surface area is 179 Å². The van der Waals surface area contributed by atoms with Crippen molar-refractivity contribution in [2.75, 3.05) is 24.5 Å². The zero-order valence-corrected chi connectivity index (χ0v) is 17.6. The molecule has 1 aromatic heterocycles. The number of aromatic nitrogens is 2. The van der Waals surface area contributed by atoms with Crippen LogP contribution >= 0.6 is 0 Å². The van der Waals surface area contributed by atoms with Crippen molar-refractivity contribution in [2.45, 2.75) is 63.7 Å². The highest BCUT2D eigenvalue weighted by Gasteiger charge is 2.36. The normalized spacial score (nSPS) is 22.5. The van der Waals surface area contributed by atoms with Crippen LogP contribution in [0.1, 0.15) is 48.8 Å². The number of hydrogen-bond acceptors (Lipinski definition) is 5. The van der Waals surface area contributed by atoms with Gasteiger partial charge in [-0.3, -0.25) is 4.90 Å². The molecule has 0 amide bonds. The van der Waals surface area contributed by atoms with Crippen molar-refractivity contribution in [3.63, 3.8) is 0 Å². The highest BCUT2D eigenvalue weighted by Crippen LogP contribution is 2.40. The zero-order valence-electron chi connectivity index (χ0n) is 17.6. The molecule has 166 valence electrons. The van der Waals surface area contributed by atoms with E-state index in [1.165, 1.54) is 32.2 Å². The first kappa shape index (κ1) is 20.5. The maximum atomic E-state index is 13.0. The number of benzene rings is 1. The van der Waals surface area contributed by atoms with E-state index in [4.69, 9.17) is 0 Å². The fraction of sp³-hybridized carbons (Fsp3) is 0.565. The van der Waals surface area contributed by atoms with Gasteiger partial charge in [-0.2, -0.15) is 13.2 Å². The number of hydrogen-bond donors (Lipinski definition) is 1. The van der Waals surface area contributed by atoms with Crippen molar-refractivity contribution in [2.24, 2.45) is 0 Å². The Morgan fingerprint density at radius 3 is 2.45 bits per heavy atom. The third-order valence-corrected chi connectivity index (χ3v) is 7.10. The molecule has 1 aliphatic carbocycles. The van der Waals surface area contributed by atoms with E-state index in [0.29, 0.717) is 22.9 Å². The van der Waals surface area contributed by atoms with Crippen LogP contribution in [-0.2, 0) is 12.6 Å². The number of piperidine rings is 1. The van der Waals surface area contributed by atoms with Crippen molar-refractivity contribution in [1.82, 2.24) is 15.1 Å². The molecule has 2 fully saturated rings. The fourth-order valence-corrected chi connectivity index (χ4v) is 5.26. The number of aromatic hydroxyl groups is 1. The molecule has 1 saturated carbocycles. The maximum Gasteiger partial charge on any atom is 0.416 e. The standard InChI is InChI=1S/C23H27F3N4O/c1-14-10-16(23(24,25)26)12-20(31)21(14)19-11-15-7-9-30(22(15)28-27-19)18-6-3-8-29(13-18)17-4-2-5-17/h10-12,17-18,31H,2-9,13H2,1H3/t18-/m1/s1. The van der Waals surface area contributed by atoms with Gasteiger partial charge in [-0.15, -0.1) is 10.2 Å². The predicted molar refractivity (Wildman–Crippen MR) is 112 cm³/mol. The second-order valence-corrected chi connectivity index (χ2v) is 9.08. The third-order valence-electron chi connectivity index (χ3n) is 7.10. The molecule has 1 saturated heterocycles. The van der Waals surface area contributed by atoms with E-state index in [-0.39, 0.29) is 0 Å². The lowest BCUT2D eigenvalue weighted by atomic mass is 9.89. The number of halogens is 3. The summed E-state index contributed by atoms with van der Waals surface area (Å²) in [6, 6.07) is 4.86. The van der Waals surface area contributed by atoms with Gasteiger partial charge in [0.1, 0.15) is 5.75 Å². The maximum absolute atomic E-state index is 13.0. The molecule has 1 N–H and O–H groups in total. The number of rotatable bonds is 3. The molecule has 1 atom stereocenters. The van der Waals surface area contributed by atoms with Crippen molar-refractivity contribution in [3.05, 3.63) is 34.9 Å². The van der Waals surface area contributed by atoms with Crippen molar-refractivity contribution < 1.29 is 18.3 Å². The van der Waals surface area contributed by atoms with Crippen molar-refractivity contribution in [1.29, 1.82) is 0 Å². The van der Waals surface area contributed by atoms with Crippen LogP contribution < -0.4 is 4.90 Å². The quantitative estimate of drug-likeness (QED) is 0.771. The molecule has 5 nitrogen and oxygen atoms in total. The summed E-state index contributed by atoms with van der Waals surface area (Å²) in [4.78, 5) is 4.98. The van der Waals surface area contributed by atoms with E-state index in [1.54, 1.807) is 6.92 Å². The van der Waals surface area contributed by atoms with Crippen molar-refractivity contribution >= 4 is 5.82 Å². The summed E-state index contributed by atoms with van der Waals surface area (Å²) < 4.78 is 39.1. The zero-order chi connectivity index (χ0) is 21.8. The molecule has 0 spiro atoms. The summed E-state index contributed by atoms with van der Waals surface area (Å²) in [5, 5.41) is 19.1. The molecule has 0 unspecified atom stereocenters. The lowest BCUT2D eigenvalue weighted by molar-refractivity contribution is -0.137. The van der Waals surface area contributed by atoms with E-state index < -0.39 is 17.5 Å². The number of nitrogens with zero attached hydrogens (tertiary/aromatic N) is 4. The van der Waals surface area contributed by atoms with Gasteiger partial charge in [0.15, 0.2) is 5.82 Å². The van der Waals surface area contributed by atoms with Gasteiger partial charge in [-0.1, -0.05) is 6.42 Å². The molecule has 2 aromatic rings. The summed E-state index contributed by atoms with van der Waals surface area (Å²) in [6.45, 7) is 4.68. The second kappa shape index (κ2) is 7.65. The lowest BCUT2D eigenvalue weighted by Crippen LogP contribution is -2.52. The van der Waals surface area contributed by atoms with Crippen molar-refractivity contribution in [3.8, 4) is 17.0 Å². The summed E-state index contributed by atoms with van der Waals surface area (Å²) in [6.07, 6.45) is 2.62. The highest BCUT2D eigenvalue weighted by molar-refractivity contribution is 5.73. The van der Waals surface area contributed by atoms with Gasteiger partial charge >= 0.3 is 6.18 Å². The third kappa shape index (κ3) is 3.75. The summed E-state index contributed by atoms with van der Waals surface area (Å²) in [7, 11) is 0. The summed E-state index contributed by atoms with van der Waals surface area (Å²) in [5.41, 5.74) is 1.25. The first-order chi connectivity index (χ1) is 14.8. The molecule has 5 rings (SSSR count). The van der Waals surface area contributed by atoms with Crippen LogP contribution in [0, 0.1) is 6.92 Å². The Kier molecular flexibility index (Phi) is 5.07. The Morgan fingerprint density at radius 1 is 1.00 bits per heavy atom. The van der Waals surface area contributed by atoms with Crippen LogP contribution in [0.15, 0.2) is 18.2 Å². The molecular weight excluding hydrogens is 405 g/mol. The number of aryl methyl sites for hydroxylation is 1. The molecule has 8 heteroatoms. The topological polar surface area (TPSA) is 52.5 Å². The minimum Gasteiger partial charge on any atom is -0.507 e. The van der Waals surface area contributed by atoms with E-state index in [1.807, 2.05) is 6.07 Å². The van der Waals surface area contributed by atoms with Gasteiger partial charge in [-0.05, 0) is 69.3 Å². The average Bonchev–Trinajstić information content (AvgIpc) is 3.09. The van der Waals surface area contributed by atoms with Gasteiger partial charge in [-0.25, -0.2) is 0 Å². The lowest BCUT2D eigenvalue weighted by Gasteiger charge is -2.44. The monoisotopic (exact) mass is 432 g/mol. The SMILES string of the molecule is Cc1cc(C(F)(F)F)cc(O)c1-c1cc2c(nn1)N([C@@H]1CCCN(C3CCC3)C1)CC2. The van der Waals surface area contributed by atoms with E-state index in [9.17, 15) is 18.3 Å². The highest BCUT2D eigenvalue weighted by atomic mass is 19.4. The van der Waals surface area contributed by atoms with Crippen LogP contribution in [0.4, 0.5) is 19.0 Å². The van der Waals surface area contributed by atoms with Crippen LogP contribution in [0.3, 0.4) is 0 Å². The van der Waals surface area contributed by atoms with Gasteiger partial charge in [0.25, 0.3) is 0 Å². The smallest absolute Gasteiger partial charge is 0.416 e. The minimum atomic E-state index is -4.50. The van der Waals surface area contributed by atoms with Gasteiger partial charge in [0, 0.05) is 36.3 Å². The molecular formula is C23H27F3N4O. The van der Waals surface area contributed by atoms with Gasteiger partial charge < -0.3 is 10.0 Å². The first-order valence-corrected chi connectivity index (χ1v) is 11.1. The minimum absolute atomic E-state index is 0.315. The Morgan fingerprint density at radius 2 is 1.77 bits per heavy atom.